The zero-order valence-electron chi connectivity index (χ0n) is 8.67. The quantitative estimate of drug-likeness (QED) is 0.749. The first-order valence-electron chi connectivity index (χ1n) is 4.98. The van der Waals surface area contributed by atoms with Crippen molar-refractivity contribution in [2.45, 2.75) is 39.5 Å². The van der Waals surface area contributed by atoms with E-state index in [-0.39, 0.29) is 0 Å². The van der Waals surface area contributed by atoms with Crippen molar-refractivity contribution in [3.8, 4) is 5.75 Å². The number of benzene rings is 1. The maximum absolute atomic E-state index is 9.37. The summed E-state index contributed by atoms with van der Waals surface area (Å²) >= 11 is 0. The van der Waals surface area contributed by atoms with Crippen molar-refractivity contribution in [3.05, 3.63) is 29.3 Å². The molecule has 1 nitrogen and oxygen atoms in total. The Bertz CT molecular complexity index is 274. The van der Waals surface area contributed by atoms with Crippen LogP contribution in [0.2, 0.25) is 0 Å². The fourth-order valence-corrected chi connectivity index (χ4v) is 1.69. The van der Waals surface area contributed by atoms with Gasteiger partial charge >= 0.3 is 0 Å². The number of hydrogen-bond acceptors (Lipinski definition) is 1. The highest BCUT2D eigenvalue weighted by molar-refractivity contribution is 5.36. The number of hydrogen-bond donors (Lipinski definition) is 1. The Balaban J connectivity index is 2.95. The average Bonchev–Trinajstić information content (AvgIpc) is 2.13. The van der Waals surface area contributed by atoms with Gasteiger partial charge in [0.1, 0.15) is 5.75 Å². The van der Waals surface area contributed by atoms with Gasteiger partial charge in [-0.2, -0.15) is 0 Å². The molecule has 0 atom stereocenters. The molecule has 0 aliphatic heterocycles. The van der Waals surface area contributed by atoms with E-state index in [0.717, 1.165) is 5.56 Å². The van der Waals surface area contributed by atoms with Crippen LogP contribution in [0.1, 0.15) is 43.7 Å². The standard InChI is InChI=1S/C12H18O/c1-4-10(5-2)11-6-7-12(13)9(3)8-11/h6-8,10,13H,4-5H2,1-3H3. The second-order valence-electron chi connectivity index (χ2n) is 3.56. The van der Waals surface area contributed by atoms with E-state index in [1.54, 1.807) is 6.07 Å². The molecule has 0 saturated carbocycles. The molecule has 1 heteroatoms. The van der Waals surface area contributed by atoms with Crippen LogP contribution < -0.4 is 0 Å². The largest absolute Gasteiger partial charge is 0.508 e. The van der Waals surface area contributed by atoms with Crippen LogP contribution >= 0.6 is 0 Å². The molecule has 0 aromatic heterocycles. The monoisotopic (exact) mass is 178 g/mol. The van der Waals surface area contributed by atoms with E-state index in [2.05, 4.69) is 19.9 Å². The Morgan fingerprint density at radius 3 is 2.31 bits per heavy atom. The van der Waals surface area contributed by atoms with E-state index in [1.807, 2.05) is 13.0 Å². The molecule has 1 N–H and O–H groups in total. The lowest BCUT2D eigenvalue weighted by molar-refractivity contribution is 0.470. The summed E-state index contributed by atoms with van der Waals surface area (Å²) < 4.78 is 0. The highest BCUT2D eigenvalue weighted by atomic mass is 16.3. The number of aromatic hydroxyl groups is 1. The predicted octanol–water partition coefficient (Wildman–Crippen LogP) is 3.60. The fourth-order valence-electron chi connectivity index (χ4n) is 1.69. The van der Waals surface area contributed by atoms with Crippen LogP contribution in [0.5, 0.6) is 5.75 Å². The first-order valence-corrected chi connectivity index (χ1v) is 4.98. The molecule has 0 heterocycles. The van der Waals surface area contributed by atoms with Gasteiger partial charge in [0.25, 0.3) is 0 Å². The van der Waals surface area contributed by atoms with Crippen LogP contribution in [0.3, 0.4) is 0 Å². The fraction of sp³-hybridized carbons (Fsp3) is 0.500. The van der Waals surface area contributed by atoms with Gasteiger partial charge in [0.05, 0.1) is 0 Å². The highest BCUT2D eigenvalue weighted by Gasteiger charge is 2.07. The molecule has 72 valence electrons. The van der Waals surface area contributed by atoms with Crippen molar-refractivity contribution in [2.75, 3.05) is 0 Å². The maximum atomic E-state index is 9.37. The first-order chi connectivity index (χ1) is 6.19. The van der Waals surface area contributed by atoms with Crippen LogP contribution in [-0.2, 0) is 0 Å². The molecule has 1 rings (SSSR count). The third kappa shape index (κ3) is 2.24. The van der Waals surface area contributed by atoms with Crippen molar-refractivity contribution in [1.29, 1.82) is 0 Å². The van der Waals surface area contributed by atoms with E-state index < -0.39 is 0 Å². The minimum absolute atomic E-state index is 0.398. The van der Waals surface area contributed by atoms with Crippen molar-refractivity contribution < 1.29 is 5.11 Å². The molecule has 0 amide bonds. The summed E-state index contributed by atoms with van der Waals surface area (Å²) in [5, 5.41) is 9.37. The molecule has 0 saturated heterocycles. The molecule has 0 fully saturated rings. The predicted molar refractivity (Wildman–Crippen MR) is 56.2 cm³/mol. The Hall–Kier alpha value is -0.980. The molecule has 1 aromatic carbocycles. The summed E-state index contributed by atoms with van der Waals surface area (Å²) in [5.74, 6) is 1.04. The molecule has 0 spiro atoms. The summed E-state index contributed by atoms with van der Waals surface area (Å²) in [5.41, 5.74) is 2.32. The van der Waals surface area contributed by atoms with E-state index in [9.17, 15) is 5.11 Å². The van der Waals surface area contributed by atoms with Gasteiger partial charge in [-0.3, -0.25) is 0 Å². The van der Waals surface area contributed by atoms with Crippen LogP contribution in [0, 0.1) is 6.92 Å². The van der Waals surface area contributed by atoms with Gasteiger partial charge in [-0.25, -0.2) is 0 Å². The molecule has 0 radical (unpaired) electrons. The van der Waals surface area contributed by atoms with Crippen molar-refractivity contribution in [2.24, 2.45) is 0 Å². The molecule has 0 aliphatic rings. The summed E-state index contributed by atoms with van der Waals surface area (Å²) in [6.45, 7) is 6.36. The van der Waals surface area contributed by atoms with Gasteiger partial charge in [-0.15, -0.1) is 0 Å². The molecule has 0 aliphatic carbocycles. The van der Waals surface area contributed by atoms with Gasteiger partial charge in [0.2, 0.25) is 0 Å². The van der Waals surface area contributed by atoms with Crippen molar-refractivity contribution in [1.82, 2.24) is 0 Å². The number of rotatable bonds is 3. The van der Waals surface area contributed by atoms with Gasteiger partial charge in [-0.05, 0) is 42.9 Å². The van der Waals surface area contributed by atoms with Crippen LogP contribution in [0.15, 0.2) is 18.2 Å². The zero-order chi connectivity index (χ0) is 9.84. The minimum Gasteiger partial charge on any atom is -0.508 e. The van der Waals surface area contributed by atoms with Gasteiger partial charge in [0.15, 0.2) is 0 Å². The lowest BCUT2D eigenvalue weighted by atomic mass is 9.93. The Morgan fingerprint density at radius 2 is 1.85 bits per heavy atom. The molecular weight excluding hydrogens is 160 g/mol. The van der Waals surface area contributed by atoms with Crippen molar-refractivity contribution in [3.63, 3.8) is 0 Å². The minimum atomic E-state index is 0.398. The normalized spacial score (nSPS) is 10.8. The van der Waals surface area contributed by atoms with Crippen LogP contribution in [0.4, 0.5) is 0 Å². The summed E-state index contributed by atoms with van der Waals surface area (Å²) in [4.78, 5) is 0. The Labute approximate surface area is 80.4 Å². The van der Waals surface area contributed by atoms with Gasteiger partial charge < -0.3 is 5.11 Å². The smallest absolute Gasteiger partial charge is 0.118 e. The molecule has 0 bridgehead atoms. The molecule has 0 unspecified atom stereocenters. The van der Waals surface area contributed by atoms with Crippen LogP contribution in [-0.4, -0.2) is 5.11 Å². The van der Waals surface area contributed by atoms with E-state index >= 15 is 0 Å². The first kappa shape index (κ1) is 10.1. The van der Waals surface area contributed by atoms with Gasteiger partial charge in [-0.1, -0.05) is 26.0 Å². The second kappa shape index (κ2) is 4.31. The lowest BCUT2D eigenvalue weighted by Crippen LogP contribution is -1.95. The van der Waals surface area contributed by atoms with Crippen molar-refractivity contribution >= 4 is 0 Å². The zero-order valence-corrected chi connectivity index (χ0v) is 8.67. The second-order valence-corrected chi connectivity index (χ2v) is 3.56. The SMILES string of the molecule is CCC(CC)c1ccc(O)c(C)c1. The Morgan fingerprint density at radius 1 is 1.23 bits per heavy atom. The third-order valence-corrected chi connectivity index (χ3v) is 2.68. The van der Waals surface area contributed by atoms with E-state index in [4.69, 9.17) is 0 Å². The summed E-state index contributed by atoms with van der Waals surface area (Å²) in [6, 6.07) is 5.91. The van der Waals surface area contributed by atoms with Crippen LogP contribution in [0.25, 0.3) is 0 Å². The molecular formula is C12H18O. The average molecular weight is 178 g/mol. The van der Waals surface area contributed by atoms with E-state index in [1.165, 1.54) is 18.4 Å². The number of phenols is 1. The molecule has 1 aromatic rings. The third-order valence-electron chi connectivity index (χ3n) is 2.68. The van der Waals surface area contributed by atoms with E-state index in [0.29, 0.717) is 11.7 Å². The lowest BCUT2D eigenvalue weighted by Gasteiger charge is -2.13. The summed E-state index contributed by atoms with van der Waals surface area (Å²) in [7, 11) is 0. The van der Waals surface area contributed by atoms with Gasteiger partial charge in [0, 0.05) is 0 Å². The highest BCUT2D eigenvalue weighted by Crippen LogP contribution is 2.26. The number of aryl methyl sites for hydroxylation is 1. The summed E-state index contributed by atoms with van der Waals surface area (Å²) in [6.07, 6.45) is 2.33. The molecule has 13 heavy (non-hydrogen) atoms. The Kier molecular flexibility index (Phi) is 3.35. The topological polar surface area (TPSA) is 20.2 Å². The number of phenolic OH excluding ortho intramolecular Hbond substituents is 1. The maximum Gasteiger partial charge on any atom is 0.118 e.